The lowest BCUT2D eigenvalue weighted by Crippen LogP contribution is -2.47. The molecule has 0 radical (unpaired) electrons. The molecule has 1 fully saturated rings. The van der Waals surface area contributed by atoms with E-state index in [4.69, 9.17) is 4.74 Å². The number of hydrogen-bond donors (Lipinski definition) is 0. The van der Waals surface area contributed by atoms with Crippen molar-refractivity contribution in [1.82, 2.24) is 14.7 Å². The van der Waals surface area contributed by atoms with Gasteiger partial charge in [0, 0.05) is 31.2 Å². The minimum Gasteiger partial charge on any atom is -0.468 e. The molecule has 150 valence electrons. The van der Waals surface area contributed by atoms with Crippen molar-refractivity contribution < 1.29 is 23.9 Å². The average Bonchev–Trinajstić information content (AvgIpc) is 2.76. The normalized spacial score (nSPS) is 18.2. The number of methoxy groups -OCH3 is 1. The van der Waals surface area contributed by atoms with Crippen LogP contribution in [0.5, 0.6) is 0 Å². The summed E-state index contributed by atoms with van der Waals surface area (Å²) in [6.07, 6.45) is -0.602. The van der Waals surface area contributed by atoms with Gasteiger partial charge in [0.05, 0.1) is 7.11 Å². The Hall–Kier alpha value is -1.99. The van der Waals surface area contributed by atoms with E-state index in [-0.39, 0.29) is 30.7 Å². The van der Waals surface area contributed by atoms with E-state index in [9.17, 15) is 14.4 Å². The summed E-state index contributed by atoms with van der Waals surface area (Å²) in [5.74, 6) is -0.534. The highest BCUT2D eigenvalue weighted by molar-refractivity contribution is 5.79. The highest BCUT2D eigenvalue weighted by Crippen LogP contribution is 2.24. The summed E-state index contributed by atoms with van der Waals surface area (Å²) in [4.78, 5) is 41.5. The van der Waals surface area contributed by atoms with E-state index in [1.807, 2.05) is 32.6 Å². The van der Waals surface area contributed by atoms with Crippen LogP contribution in [0.2, 0.25) is 0 Å². The van der Waals surface area contributed by atoms with Crippen LogP contribution < -0.4 is 0 Å². The van der Waals surface area contributed by atoms with Crippen LogP contribution in [0.25, 0.3) is 0 Å². The van der Waals surface area contributed by atoms with Crippen LogP contribution in [-0.4, -0.2) is 83.3 Å². The van der Waals surface area contributed by atoms with E-state index in [0.29, 0.717) is 13.1 Å². The van der Waals surface area contributed by atoms with Gasteiger partial charge in [-0.05, 0) is 48.5 Å². The quantitative estimate of drug-likeness (QED) is 0.693. The lowest BCUT2D eigenvalue weighted by molar-refractivity contribution is -0.141. The van der Waals surface area contributed by atoms with Gasteiger partial charge in [0.25, 0.3) is 0 Å². The molecule has 0 aromatic heterocycles. The molecule has 1 rings (SSSR count). The van der Waals surface area contributed by atoms with Crippen LogP contribution in [0, 0.1) is 0 Å². The van der Waals surface area contributed by atoms with Crippen molar-refractivity contribution >= 4 is 18.1 Å². The van der Waals surface area contributed by atoms with Crippen LogP contribution in [0.15, 0.2) is 0 Å². The van der Waals surface area contributed by atoms with Crippen LogP contribution in [-0.2, 0) is 14.3 Å². The number of nitrogens with zero attached hydrogens (tertiary/aromatic N) is 3. The summed E-state index contributed by atoms with van der Waals surface area (Å²) in [5.41, 5.74) is -0.942. The molecule has 0 aliphatic carbocycles. The zero-order valence-electron chi connectivity index (χ0n) is 17.3. The molecule has 0 aromatic carbocycles. The van der Waals surface area contributed by atoms with Crippen molar-refractivity contribution in [3.8, 4) is 0 Å². The second kappa shape index (κ2) is 8.14. The number of hydrogen-bond acceptors (Lipinski definition) is 5. The van der Waals surface area contributed by atoms with Gasteiger partial charge in [0.1, 0.15) is 12.1 Å². The van der Waals surface area contributed by atoms with Crippen LogP contribution >= 0.6 is 0 Å². The zero-order valence-corrected chi connectivity index (χ0v) is 17.3. The molecule has 8 heteroatoms. The maximum absolute atomic E-state index is 12.7. The van der Waals surface area contributed by atoms with Gasteiger partial charge in [-0.15, -0.1) is 0 Å². The monoisotopic (exact) mass is 371 g/mol. The number of esters is 1. The Morgan fingerprint density at radius 3 is 2.19 bits per heavy atom. The molecule has 1 unspecified atom stereocenters. The molecule has 0 bridgehead atoms. The summed E-state index contributed by atoms with van der Waals surface area (Å²) in [6, 6.07) is -0.0347. The first-order valence-electron chi connectivity index (χ1n) is 8.89. The third-order valence-electron chi connectivity index (χ3n) is 4.08. The van der Waals surface area contributed by atoms with Gasteiger partial charge in [0.2, 0.25) is 0 Å². The van der Waals surface area contributed by atoms with Crippen molar-refractivity contribution in [3.05, 3.63) is 0 Å². The molecule has 1 saturated heterocycles. The molecule has 1 aliphatic heterocycles. The lowest BCUT2D eigenvalue weighted by Gasteiger charge is -2.32. The molecule has 0 aromatic rings. The largest absolute Gasteiger partial charge is 0.468 e. The Balaban J connectivity index is 2.81. The molecule has 0 spiro atoms. The van der Waals surface area contributed by atoms with Crippen LogP contribution in [0.4, 0.5) is 9.59 Å². The summed E-state index contributed by atoms with van der Waals surface area (Å²) >= 11 is 0. The number of carbonyl (C=O) groups is 3. The zero-order chi connectivity index (χ0) is 20.3. The van der Waals surface area contributed by atoms with Gasteiger partial charge in [0.15, 0.2) is 0 Å². The topological polar surface area (TPSA) is 79.4 Å². The molecule has 26 heavy (non-hydrogen) atoms. The Morgan fingerprint density at radius 1 is 1.19 bits per heavy atom. The average molecular weight is 371 g/mol. The predicted octanol–water partition coefficient (Wildman–Crippen LogP) is 2.32. The molecule has 1 heterocycles. The third-order valence-corrected chi connectivity index (χ3v) is 4.08. The Kier molecular flexibility index (Phi) is 6.90. The van der Waals surface area contributed by atoms with Gasteiger partial charge in [-0.3, -0.25) is 9.69 Å². The molecule has 0 saturated carbocycles. The maximum atomic E-state index is 12.7. The predicted molar refractivity (Wildman–Crippen MR) is 97.8 cm³/mol. The second-order valence-electron chi connectivity index (χ2n) is 8.58. The van der Waals surface area contributed by atoms with Gasteiger partial charge >= 0.3 is 18.1 Å². The van der Waals surface area contributed by atoms with E-state index in [2.05, 4.69) is 4.74 Å². The van der Waals surface area contributed by atoms with Crippen molar-refractivity contribution in [2.24, 2.45) is 0 Å². The molecule has 3 amide bonds. The van der Waals surface area contributed by atoms with E-state index in [1.54, 1.807) is 25.7 Å². The second-order valence-corrected chi connectivity index (χ2v) is 8.58. The molecule has 1 atom stereocenters. The van der Waals surface area contributed by atoms with E-state index in [0.717, 1.165) is 0 Å². The first kappa shape index (κ1) is 22.1. The fraction of sp³-hybridized carbons (Fsp3) is 0.833. The highest BCUT2D eigenvalue weighted by Gasteiger charge is 2.40. The van der Waals surface area contributed by atoms with E-state index >= 15 is 0 Å². The number of amides is 3. The number of carbonyl (C=O) groups excluding carboxylic acids is 3. The highest BCUT2D eigenvalue weighted by atomic mass is 16.6. The SMILES string of the molecule is COC(=O)CN(CCN1C(=O)N(C(C)(C)C)CC1C)C(=O)OC(C)(C)C. The summed E-state index contributed by atoms with van der Waals surface area (Å²) in [6.45, 7) is 14.2. The molecule has 8 nitrogen and oxygen atoms in total. The Labute approximate surface area is 156 Å². The summed E-state index contributed by atoms with van der Waals surface area (Å²) in [7, 11) is 1.27. The Morgan fingerprint density at radius 2 is 1.77 bits per heavy atom. The van der Waals surface area contributed by atoms with Gasteiger partial charge in [-0.1, -0.05) is 0 Å². The molecule has 0 N–H and O–H groups in total. The first-order chi connectivity index (χ1) is 11.8. The smallest absolute Gasteiger partial charge is 0.410 e. The van der Waals surface area contributed by atoms with E-state index in [1.165, 1.54) is 12.0 Å². The summed E-state index contributed by atoms with van der Waals surface area (Å²) in [5, 5.41) is 0. The summed E-state index contributed by atoms with van der Waals surface area (Å²) < 4.78 is 10.0. The fourth-order valence-electron chi connectivity index (χ4n) is 2.67. The van der Waals surface area contributed by atoms with E-state index < -0.39 is 17.7 Å². The van der Waals surface area contributed by atoms with Crippen molar-refractivity contribution in [3.63, 3.8) is 0 Å². The molecular formula is C18H33N3O5. The van der Waals surface area contributed by atoms with Gasteiger partial charge < -0.3 is 19.3 Å². The minimum absolute atomic E-state index is 0.0281. The number of urea groups is 1. The van der Waals surface area contributed by atoms with Crippen molar-refractivity contribution in [1.29, 1.82) is 0 Å². The Bertz CT molecular complexity index is 536. The maximum Gasteiger partial charge on any atom is 0.410 e. The van der Waals surface area contributed by atoms with Crippen molar-refractivity contribution in [2.75, 3.05) is 33.3 Å². The first-order valence-corrected chi connectivity index (χ1v) is 8.89. The fourth-order valence-corrected chi connectivity index (χ4v) is 2.67. The molecule has 1 aliphatic rings. The third kappa shape index (κ3) is 6.07. The number of ether oxygens (including phenoxy) is 2. The number of rotatable bonds is 5. The molecular weight excluding hydrogens is 338 g/mol. The minimum atomic E-state index is -0.675. The van der Waals surface area contributed by atoms with Gasteiger partial charge in [-0.2, -0.15) is 0 Å². The van der Waals surface area contributed by atoms with Crippen molar-refractivity contribution in [2.45, 2.75) is 65.6 Å². The van der Waals surface area contributed by atoms with Gasteiger partial charge in [-0.25, -0.2) is 9.59 Å². The van der Waals surface area contributed by atoms with Crippen LogP contribution in [0.3, 0.4) is 0 Å². The lowest BCUT2D eigenvalue weighted by atomic mass is 10.1. The standard InChI is InChI=1S/C18H33N3O5/c1-13-11-21(17(2,3)4)15(23)20(13)10-9-19(12-14(22)25-8)16(24)26-18(5,6)7/h13H,9-12H2,1-8H3. The van der Waals surface area contributed by atoms with Crippen LogP contribution in [0.1, 0.15) is 48.5 Å².